The number of fused-ring (bicyclic) bond motifs is 1. The molecule has 0 amide bonds. The summed E-state index contributed by atoms with van der Waals surface area (Å²) in [7, 11) is 3.00. The number of alkyl halides is 2. The van der Waals surface area contributed by atoms with Crippen LogP contribution in [0.4, 0.5) is 19.0 Å². The molecule has 0 aliphatic carbocycles. The minimum atomic E-state index is -2.90. The van der Waals surface area contributed by atoms with Crippen molar-refractivity contribution in [1.82, 2.24) is 14.8 Å². The first-order chi connectivity index (χ1) is 21.0. The van der Waals surface area contributed by atoms with E-state index < -0.39 is 30.3 Å². The molecule has 0 unspecified atom stereocenters. The molecule has 44 heavy (non-hydrogen) atoms. The van der Waals surface area contributed by atoms with E-state index in [0.29, 0.717) is 51.9 Å². The van der Waals surface area contributed by atoms with Crippen molar-refractivity contribution in [3.8, 4) is 5.75 Å². The van der Waals surface area contributed by atoms with Gasteiger partial charge in [-0.1, -0.05) is 13.0 Å². The number of hydrogen-bond donors (Lipinski definition) is 2. The molecule has 0 bridgehead atoms. The Balaban J connectivity index is 1.22. The molecule has 1 aromatic carbocycles. The van der Waals surface area contributed by atoms with E-state index in [1.165, 1.54) is 18.7 Å². The van der Waals surface area contributed by atoms with Gasteiger partial charge in [0.1, 0.15) is 11.9 Å². The summed E-state index contributed by atoms with van der Waals surface area (Å²) in [5, 5.41) is 13.6. The van der Waals surface area contributed by atoms with Gasteiger partial charge >= 0.3 is 5.97 Å². The number of carboxylic acids is 1. The fraction of sp³-hybridized carbons (Fsp3) is 0.636. The number of ether oxygens (including phenoxy) is 2. The molecule has 2 N–H and O–H groups in total. The molecule has 3 aliphatic heterocycles. The van der Waals surface area contributed by atoms with Crippen molar-refractivity contribution in [2.75, 3.05) is 58.9 Å². The van der Waals surface area contributed by atoms with E-state index in [-0.39, 0.29) is 35.7 Å². The molecule has 4 heterocycles. The quantitative estimate of drug-likeness (QED) is 0.325. The van der Waals surface area contributed by atoms with Gasteiger partial charge in [-0.05, 0) is 86.7 Å². The van der Waals surface area contributed by atoms with Crippen molar-refractivity contribution in [2.45, 2.75) is 81.7 Å². The molecular formula is C33H45F3N4O4. The molecule has 5 rings (SSSR count). The Morgan fingerprint density at radius 3 is 2.82 bits per heavy atom. The Kier molecular flexibility index (Phi) is 10.1. The third-order valence-corrected chi connectivity index (χ3v) is 9.69. The minimum absolute atomic E-state index is 0.0932. The van der Waals surface area contributed by atoms with Gasteiger partial charge in [0.25, 0.3) is 5.92 Å². The smallest absolute Gasteiger partial charge is 0.325 e. The van der Waals surface area contributed by atoms with Crippen LogP contribution in [0.25, 0.3) is 0 Å². The molecule has 2 fully saturated rings. The van der Waals surface area contributed by atoms with Crippen LogP contribution in [0.5, 0.6) is 5.75 Å². The zero-order chi connectivity index (χ0) is 31.5. The van der Waals surface area contributed by atoms with Crippen LogP contribution in [-0.2, 0) is 27.8 Å². The number of rotatable bonds is 12. The molecule has 2 aromatic rings. The summed E-state index contributed by atoms with van der Waals surface area (Å²) in [5.41, 5.74) is 2.61. The summed E-state index contributed by atoms with van der Waals surface area (Å²) in [6.07, 6.45) is 4.51. The van der Waals surface area contributed by atoms with E-state index in [1.807, 2.05) is 19.1 Å². The van der Waals surface area contributed by atoms with Crippen molar-refractivity contribution in [3.63, 3.8) is 0 Å². The Bertz CT molecular complexity index is 1320. The minimum Gasteiger partial charge on any atom is -0.493 e. The predicted molar refractivity (Wildman–Crippen MR) is 162 cm³/mol. The molecule has 0 spiro atoms. The zero-order valence-electron chi connectivity index (χ0n) is 26.0. The van der Waals surface area contributed by atoms with Gasteiger partial charge in [-0.25, -0.2) is 18.2 Å². The highest BCUT2D eigenvalue weighted by Crippen LogP contribution is 2.41. The molecule has 0 radical (unpaired) electrons. The number of likely N-dealkylation sites (tertiary alicyclic amines) is 1. The maximum absolute atomic E-state index is 15.4. The van der Waals surface area contributed by atoms with E-state index in [9.17, 15) is 9.90 Å². The first-order valence-corrected chi connectivity index (χ1v) is 15.7. The Morgan fingerprint density at radius 1 is 1.32 bits per heavy atom. The molecule has 0 saturated carbocycles. The van der Waals surface area contributed by atoms with Gasteiger partial charge < -0.3 is 19.9 Å². The van der Waals surface area contributed by atoms with Crippen molar-refractivity contribution >= 4 is 11.8 Å². The number of methoxy groups -OCH3 is 1. The van der Waals surface area contributed by atoms with E-state index in [2.05, 4.69) is 10.3 Å². The van der Waals surface area contributed by atoms with E-state index in [1.54, 1.807) is 22.9 Å². The lowest BCUT2D eigenvalue weighted by molar-refractivity contribution is -0.143. The predicted octanol–water partition coefficient (Wildman–Crippen LogP) is 5.45. The fourth-order valence-corrected chi connectivity index (χ4v) is 6.95. The standard InChI is InChI=1S/C33H45F3N4O4/c1-32(12-16-44-17-13-32)23-18-26(29(43-3)27(34)19-23)28(31(41)42)40-15-10-25(20-40)39(2)21-33(35,36)11-4-7-24-9-8-22-6-5-14-37-30(22)38-24/h8-9,18-19,25,28H,4-7,10-17,20-21H2,1-3H3,(H,37,38)(H,41,42)/t25-,28-/m1/s1. The van der Waals surface area contributed by atoms with Crippen LogP contribution < -0.4 is 10.1 Å². The van der Waals surface area contributed by atoms with Crippen LogP contribution in [0.3, 0.4) is 0 Å². The van der Waals surface area contributed by atoms with E-state index in [0.717, 1.165) is 36.5 Å². The van der Waals surface area contributed by atoms with Crippen molar-refractivity contribution in [3.05, 3.63) is 52.5 Å². The number of carboxylic acid groups (broad SMARTS) is 1. The molecule has 8 nitrogen and oxygen atoms in total. The van der Waals surface area contributed by atoms with Crippen LogP contribution in [0.1, 0.15) is 73.9 Å². The van der Waals surface area contributed by atoms with Crippen molar-refractivity contribution < 1.29 is 32.5 Å². The second kappa shape index (κ2) is 13.6. The van der Waals surface area contributed by atoms with Gasteiger partial charge in [-0.15, -0.1) is 0 Å². The number of aliphatic carboxylic acids is 1. The lowest BCUT2D eigenvalue weighted by Crippen LogP contribution is -2.43. The highest BCUT2D eigenvalue weighted by Gasteiger charge is 2.41. The number of likely N-dealkylation sites (N-methyl/N-ethyl adjacent to an activating group) is 1. The monoisotopic (exact) mass is 618 g/mol. The van der Waals surface area contributed by atoms with Gasteiger partial charge in [-0.3, -0.25) is 14.6 Å². The normalized spacial score (nSPS) is 21.1. The highest BCUT2D eigenvalue weighted by molar-refractivity contribution is 5.77. The number of pyridine rings is 1. The maximum atomic E-state index is 15.4. The molecule has 2 atom stereocenters. The van der Waals surface area contributed by atoms with Crippen LogP contribution >= 0.6 is 0 Å². The number of carbonyl (C=O) groups is 1. The number of anilines is 1. The van der Waals surface area contributed by atoms with E-state index in [4.69, 9.17) is 9.47 Å². The Morgan fingerprint density at radius 2 is 2.09 bits per heavy atom. The lowest BCUT2D eigenvalue weighted by atomic mass is 9.75. The summed E-state index contributed by atoms with van der Waals surface area (Å²) in [4.78, 5) is 20.7. The van der Waals surface area contributed by atoms with Crippen molar-refractivity contribution in [1.29, 1.82) is 0 Å². The average Bonchev–Trinajstić information content (AvgIpc) is 3.47. The van der Waals surface area contributed by atoms with Crippen LogP contribution in [-0.4, -0.2) is 91.4 Å². The summed E-state index contributed by atoms with van der Waals surface area (Å²) in [6, 6.07) is 5.74. The van der Waals surface area contributed by atoms with Gasteiger partial charge in [0.05, 0.1) is 13.7 Å². The second-order valence-corrected chi connectivity index (χ2v) is 12.9. The molecular weight excluding hydrogens is 573 g/mol. The van der Waals surface area contributed by atoms with Crippen molar-refractivity contribution in [2.24, 2.45) is 0 Å². The van der Waals surface area contributed by atoms with Gasteiger partial charge in [0.2, 0.25) is 0 Å². The highest BCUT2D eigenvalue weighted by atomic mass is 19.3. The molecule has 3 aliphatic rings. The summed E-state index contributed by atoms with van der Waals surface area (Å²) >= 11 is 0. The summed E-state index contributed by atoms with van der Waals surface area (Å²) in [6.45, 7) is 4.26. The molecule has 242 valence electrons. The van der Waals surface area contributed by atoms with Gasteiger partial charge in [0, 0.05) is 56.6 Å². The maximum Gasteiger partial charge on any atom is 0.325 e. The summed E-state index contributed by atoms with van der Waals surface area (Å²) in [5.74, 6) is -3.86. The third kappa shape index (κ3) is 7.32. The van der Waals surface area contributed by atoms with E-state index >= 15 is 13.2 Å². The van der Waals surface area contributed by atoms with Crippen LogP contribution in [0, 0.1) is 5.82 Å². The number of hydrogen-bond acceptors (Lipinski definition) is 7. The number of nitrogens with one attached hydrogen (secondary N) is 1. The number of halogens is 3. The number of aromatic nitrogens is 1. The third-order valence-electron chi connectivity index (χ3n) is 9.69. The zero-order valence-corrected chi connectivity index (χ0v) is 26.0. The fourth-order valence-electron chi connectivity index (χ4n) is 6.95. The number of aryl methyl sites for hydroxylation is 2. The first-order valence-electron chi connectivity index (χ1n) is 15.7. The molecule has 1 aromatic heterocycles. The number of nitrogens with zero attached hydrogens (tertiary/aromatic N) is 3. The molecule has 2 saturated heterocycles. The Hall–Kier alpha value is -2.89. The summed E-state index contributed by atoms with van der Waals surface area (Å²) < 4.78 is 56.4. The molecule has 11 heteroatoms. The largest absolute Gasteiger partial charge is 0.493 e. The first kappa shape index (κ1) is 32.5. The van der Waals surface area contributed by atoms with Gasteiger partial charge in [0.15, 0.2) is 11.6 Å². The Labute approximate surface area is 257 Å². The lowest BCUT2D eigenvalue weighted by Gasteiger charge is -2.35. The second-order valence-electron chi connectivity index (χ2n) is 12.9. The van der Waals surface area contributed by atoms with Crippen LogP contribution in [0.15, 0.2) is 24.3 Å². The van der Waals surface area contributed by atoms with Gasteiger partial charge in [-0.2, -0.15) is 0 Å². The SMILES string of the molecule is COc1c(F)cc(C2(C)CCOCC2)cc1[C@H](C(=O)O)N1CC[C@@H](N(C)CC(F)(F)CCCc2ccc3c(n2)NCCC3)C1. The van der Waals surface area contributed by atoms with Crippen LogP contribution in [0.2, 0.25) is 0 Å². The topological polar surface area (TPSA) is 87.2 Å². The average molecular weight is 619 g/mol. The number of benzene rings is 1.